The number of hydrogen-bond acceptors (Lipinski definition) is 2. The lowest BCUT2D eigenvalue weighted by Gasteiger charge is -2.10. The number of nitriles is 1. The van der Waals surface area contributed by atoms with Crippen LogP contribution < -0.4 is 4.74 Å². The maximum Gasteiger partial charge on any atom is 0.129 e. The van der Waals surface area contributed by atoms with Crippen molar-refractivity contribution in [2.45, 2.75) is 13.8 Å². The number of nitrogens with zero attached hydrogens (tertiary/aromatic N) is 1. The van der Waals surface area contributed by atoms with Gasteiger partial charge in [-0.1, -0.05) is 31.9 Å². The van der Waals surface area contributed by atoms with Crippen LogP contribution in [0.25, 0.3) is 0 Å². The van der Waals surface area contributed by atoms with Crippen LogP contribution in [0.5, 0.6) is 11.5 Å². The Bertz CT molecular complexity index is 651. The Morgan fingerprint density at radius 1 is 0.947 bits per heavy atom. The van der Waals surface area contributed by atoms with E-state index in [-0.39, 0.29) is 0 Å². The lowest BCUT2D eigenvalue weighted by molar-refractivity contribution is 0.481. The predicted molar refractivity (Wildman–Crippen MR) is 82.5 cm³/mol. The highest BCUT2D eigenvalue weighted by atomic mass is 79.9. The normalized spacial score (nSPS) is 10.1. The van der Waals surface area contributed by atoms with Gasteiger partial charge in [0.1, 0.15) is 11.5 Å². The molecule has 0 aliphatic rings. The highest BCUT2D eigenvalue weighted by Crippen LogP contribution is 2.31. The van der Waals surface area contributed by atoms with Crippen LogP contribution in [-0.4, -0.2) is 0 Å². The first-order valence-corrected chi connectivity index (χ1v) is 7.23. The van der Waals surface area contributed by atoms with Gasteiger partial charge in [-0.3, -0.25) is 0 Å². The fourth-order valence-corrected chi connectivity index (χ4v) is 2.49. The molecule has 2 aromatic rings. The molecule has 0 amide bonds. The molecule has 0 aromatic heterocycles. The van der Waals surface area contributed by atoms with Crippen molar-refractivity contribution in [3.05, 3.63) is 56.0 Å². The average Bonchev–Trinajstić information content (AvgIpc) is 2.35. The van der Waals surface area contributed by atoms with E-state index < -0.39 is 0 Å². The highest BCUT2D eigenvalue weighted by molar-refractivity contribution is 9.10. The standard InChI is InChI=1S/C15H11Br2NO/c1-9-3-13(4-10(2)15(9)17)19-14-6-11(8-18)5-12(16)7-14/h3-7H,1-2H3. The first-order valence-electron chi connectivity index (χ1n) is 5.65. The largest absolute Gasteiger partial charge is 0.457 e. The Hall–Kier alpha value is -1.31. The fraction of sp³-hybridized carbons (Fsp3) is 0.133. The summed E-state index contributed by atoms with van der Waals surface area (Å²) in [6.07, 6.45) is 0. The molecule has 0 fully saturated rings. The second-order valence-corrected chi connectivity index (χ2v) is 5.97. The Labute approximate surface area is 129 Å². The summed E-state index contributed by atoms with van der Waals surface area (Å²) < 4.78 is 7.73. The molecular formula is C15H11Br2NO. The SMILES string of the molecule is Cc1cc(Oc2cc(Br)cc(C#N)c2)cc(C)c1Br. The van der Waals surface area contributed by atoms with E-state index >= 15 is 0 Å². The molecule has 0 radical (unpaired) electrons. The Morgan fingerprint density at radius 2 is 1.53 bits per heavy atom. The number of ether oxygens (including phenoxy) is 1. The van der Waals surface area contributed by atoms with Crippen LogP contribution in [0, 0.1) is 25.2 Å². The summed E-state index contributed by atoms with van der Waals surface area (Å²) in [5.74, 6) is 1.41. The molecule has 2 aromatic carbocycles. The molecule has 96 valence electrons. The zero-order valence-electron chi connectivity index (χ0n) is 10.5. The van der Waals surface area contributed by atoms with Crippen LogP contribution in [-0.2, 0) is 0 Å². The van der Waals surface area contributed by atoms with Gasteiger partial charge >= 0.3 is 0 Å². The molecule has 0 bridgehead atoms. The van der Waals surface area contributed by atoms with Crippen LogP contribution in [0.2, 0.25) is 0 Å². The van der Waals surface area contributed by atoms with Gasteiger partial charge in [0.05, 0.1) is 11.6 Å². The van der Waals surface area contributed by atoms with Crippen LogP contribution in [0.15, 0.2) is 39.3 Å². The van der Waals surface area contributed by atoms with Crippen molar-refractivity contribution in [1.82, 2.24) is 0 Å². The third-order valence-corrected chi connectivity index (χ3v) is 4.35. The molecule has 2 rings (SSSR count). The number of halogens is 2. The quantitative estimate of drug-likeness (QED) is 0.689. The van der Waals surface area contributed by atoms with Gasteiger partial charge in [-0.05, 0) is 55.3 Å². The van der Waals surface area contributed by atoms with E-state index in [1.165, 1.54) is 0 Å². The minimum absolute atomic E-state index is 0.565. The van der Waals surface area contributed by atoms with Gasteiger partial charge in [0.15, 0.2) is 0 Å². The molecule has 0 saturated carbocycles. The molecule has 19 heavy (non-hydrogen) atoms. The molecule has 0 aliphatic carbocycles. The van der Waals surface area contributed by atoms with Crippen LogP contribution in [0.1, 0.15) is 16.7 Å². The van der Waals surface area contributed by atoms with E-state index in [0.717, 1.165) is 25.8 Å². The van der Waals surface area contributed by atoms with Crippen molar-refractivity contribution in [3.8, 4) is 17.6 Å². The summed E-state index contributed by atoms with van der Waals surface area (Å²) >= 11 is 6.90. The van der Waals surface area contributed by atoms with Gasteiger partial charge in [-0.25, -0.2) is 0 Å². The molecule has 0 heterocycles. The topological polar surface area (TPSA) is 33.0 Å². The van der Waals surface area contributed by atoms with Gasteiger partial charge in [0, 0.05) is 8.95 Å². The third-order valence-electron chi connectivity index (χ3n) is 2.65. The van der Waals surface area contributed by atoms with E-state index in [4.69, 9.17) is 10.00 Å². The van der Waals surface area contributed by atoms with Gasteiger partial charge in [-0.15, -0.1) is 0 Å². The predicted octanol–water partition coefficient (Wildman–Crippen LogP) is 5.49. The lowest BCUT2D eigenvalue weighted by atomic mass is 10.1. The monoisotopic (exact) mass is 379 g/mol. The molecule has 0 aliphatic heterocycles. The minimum Gasteiger partial charge on any atom is -0.457 e. The minimum atomic E-state index is 0.565. The second kappa shape index (κ2) is 5.77. The zero-order chi connectivity index (χ0) is 14.0. The number of hydrogen-bond donors (Lipinski definition) is 0. The molecule has 0 spiro atoms. The van der Waals surface area contributed by atoms with E-state index in [9.17, 15) is 0 Å². The lowest BCUT2D eigenvalue weighted by Crippen LogP contribution is -1.89. The Balaban J connectivity index is 2.36. The molecule has 0 atom stereocenters. The Morgan fingerprint density at radius 3 is 2.11 bits per heavy atom. The van der Waals surface area contributed by atoms with Crippen molar-refractivity contribution >= 4 is 31.9 Å². The fourth-order valence-electron chi connectivity index (χ4n) is 1.79. The van der Waals surface area contributed by atoms with E-state index in [1.54, 1.807) is 12.1 Å². The van der Waals surface area contributed by atoms with Crippen LogP contribution >= 0.6 is 31.9 Å². The van der Waals surface area contributed by atoms with Crippen molar-refractivity contribution in [1.29, 1.82) is 5.26 Å². The van der Waals surface area contributed by atoms with E-state index in [2.05, 4.69) is 37.9 Å². The van der Waals surface area contributed by atoms with Crippen molar-refractivity contribution in [2.75, 3.05) is 0 Å². The first-order chi connectivity index (χ1) is 8.99. The van der Waals surface area contributed by atoms with Crippen molar-refractivity contribution < 1.29 is 4.74 Å². The van der Waals surface area contributed by atoms with Crippen LogP contribution in [0.4, 0.5) is 0 Å². The summed E-state index contributed by atoms with van der Waals surface area (Å²) in [5.41, 5.74) is 2.80. The summed E-state index contributed by atoms with van der Waals surface area (Å²) in [6.45, 7) is 4.04. The van der Waals surface area contributed by atoms with Crippen LogP contribution in [0.3, 0.4) is 0 Å². The average molecular weight is 381 g/mol. The molecule has 2 nitrogen and oxygen atoms in total. The number of aryl methyl sites for hydroxylation is 2. The molecule has 0 saturated heterocycles. The zero-order valence-corrected chi connectivity index (χ0v) is 13.7. The summed E-state index contributed by atoms with van der Waals surface area (Å²) in [5, 5.41) is 8.94. The molecule has 0 unspecified atom stereocenters. The maximum atomic E-state index is 8.94. The number of rotatable bonds is 2. The maximum absolute atomic E-state index is 8.94. The summed E-state index contributed by atoms with van der Waals surface area (Å²) in [6, 6.07) is 11.3. The smallest absolute Gasteiger partial charge is 0.129 e. The van der Waals surface area contributed by atoms with Gasteiger partial charge < -0.3 is 4.74 Å². The second-order valence-electron chi connectivity index (χ2n) is 4.26. The van der Waals surface area contributed by atoms with Crippen molar-refractivity contribution in [2.24, 2.45) is 0 Å². The van der Waals surface area contributed by atoms with Gasteiger partial charge in [0.2, 0.25) is 0 Å². The number of benzene rings is 2. The van der Waals surface area contributed by atoms with Crippen molar-refractivity contribution in [3.63, 3.8) is 0 Å². The Kier molecular flexibility index (Phi) is 4.28. The van der Waals surface area contributed by atoms with Gasteiger partial charge in [0.25, 0.3) is 0 Å². The van der Waals surface area contributed by atoms with E-state index in [1.807, 2.05) is 32.0 Å². The highest BCUT2D eigenvalue weighted by Gasteiger charge is 2.06. The summed E-state index contributed by atoms with van der Waals surface area (Å²) in [7, 11) is 0. The first kappa shape index (κ1) is 14.1. The third kappa shape index (κ3) is 3.37. The molecule has 4 heteroatoms. The van der Waals surface area contributed by atoms with E-state index in [0.29, 0.717) is 11.3 Å². The summed E-state index contributed by atoms with van der Waals surface area (Å²) in [4.78, 5) is 0. The van der Waals surface area contributed by atoms with Gasteiger partial charge in [-0.2, -0.15) is 5.26 Å². The molecule has 0 N–H and O–H groups in total. The molecular weight excluding hydrogens is 370 g/mol.